The number of nitrogens with zero attached hydrogens (tertiary/aromatic N) is 2. The van der Waals surface area contributed by atoms with E-state index in [0.29, 0.717) is 33.2 Å². The van der Waals surface area contributed by atoms with Gasteiger partial charge in [0.15, 0.2) is 6.29 Å². The quantitative estimate of drug-likeness (QED) is 0.242. The lowest BCUT2D eigenvalue weighted by molar-refractivity contribution is -0.102. The second-order valence-corrected chi connectivity index (χ2v) is 13.3. The third kappa shape index (κ3) is 7.68. The Morgan fingerprint density at radius 2 is 1.76 bits per heavy atom. The molecular formula is C32H44Cl2N2O. The first-order valence-corrected chi connectivity index (χ1v) is 14.4. The van der Waals surface area contributed by atoms with Crippen LogP contribution in [0, 0.1) is 17.3 Å². The normalized spacial score (nSPS) is 24.1. The minimum absolute atomic E-state index is 0.184. The summed E-state index contributed by atoms with van der Waals surface area (Å²) in [7, 11) is 2.21. The predicted molar refractivity (Wildman–Crippen MR) is 160 cm³/mol. The maximum absolute atomic E-state index is 12.5. The predicted octanol–water partition coefficient (Wildman–Crippen LogP) is 9.09. The van der Waals surface area contributed by atoms with E-state index in [4.69, 9.17) is 28.2 Å². The molecule has 0 saturated heterocycles. The molecule has 0 radical (unpaired) electrons. The third-order valence-corrected chi connectivity index (χ3v) is 8.56. The Hall–Kier alpha value is -1.68. The molecule has 0 unspecified atom stereocenters. The van der Waals surface area contributed by atoms with E-state index in [1.165, 1.54) is 11.1 Å². The number of likely N-dealkylation sites (N-methyl/N-ethyl adjacent to an activating group) is 1. The van der Waals surface area contributed by atoms with Gasteiger partial charge in [0.25, 0.3) is 0 Å². The van der Waals surface area contributed by atoms with Crippen molar-refractivity contribution in [2.24, 2.45) is 22.2 Å². The van der Waals surface area contributed by atoms with Crippen molar-refractivity contribution < 1.29 is 4.79 Å². The number of aliphatic imine (C=N–C) groups is 1. The minimum atomic E-state index is -0.494. The maximum Gasteiger partial charge on any atom is 0.168 e. The van der Waals surface area contributed by atoms with Gasteiger partial charge in [0.1, 0.15) is 11.4 Å². The zero-order valence-corrected chi connectivity index (χ0v) is 25.2. The molecule has 37 heavy (non-hydrogen) atoms. The first-order chi connectivity index (χ1) is 17.3. The number of carbonyl (C=O) groups excluding carboxylic acids is 1. The lowest BCUT2D eigenvalue weighted by atomic mass is 9.69. The average Bonchev–Trinajstić information content (AvgIpc) is 3.03. The monoisotopic (exact) mass is 542 g/mol. The van der Waals surface area contributed by atoms with Crippen LogP contribution in [0.2, 0.25) is 10.0 Å². The summed E-state index contributed by atoms with van der Waals surface area (Å²) in [5.41, 5.74) is 3.50. The largest absolute Gasteiger partial charge is 0.296 e. The molecule has 1 aromatic rings. The van der Waals surface area contributed by atoms with Crippen LogP contribution in [0.5, 0.6) is 0 Å². The van der Waals surface area contributed by atoms with Gasteiger partial charge in [0, 0.05) is 21.7 Å². The molecule has 1 aromatic carbocycles. The zero-order valence-electron chi connectivity index (χ0n) is 23.7. The molecule has 5 heteroatoms. The molecule has 0 spiro atoms. The van der Waals surface area contributed by atoms with E-state index >= 15 is 0 Å². The van der Waals surface area contributed by atoms with Crippen molar-refractivity contribution in [3.63, 3.8) is 0 Å². The van der Waals surface area contributed by atoms with Gasteiger partial charge in [-0.15, -0.1) is 0 Å². The van der Waals surface area contributed by atoms with Gasteiger partial charge in [-0.3, -0.25) is 14.7 Å². The number of aldehydes is 1. The van der Waals surface area contributed by atoms with Crippen molar-refractivity contribution in [1.29, 1.82) is 0 Å². The molecule has 2 aliphatic carbocycles. The van der Waals surface area contributed by atoms with E-state index in [1.807, 2.05) is 0 Å². The van der Waals surface area contributed by atoms with Gasteiger partial charge in [0.05, 0.1) is 0 Å². The molecule has 0 aromatic heterocycles. The number of benzene rings is 1. The summed E-state index contributed by atoms with van der Waals surface area (Å²) in [6.07, 6.45) is 15.9. The zero-order chi connectivity index (χ0) is 27.4. The molecule has 1 fully saturated rings. The van der Waals surface area contributed by atoms with Crippen LogP contribution in [-0.2, 0) is 4.79 Å². The summed E-state index contributed by atoms with van der Waals surface area (Å²) in [5, 5.41) is 1.01. The molecule has 1 saturated carbocycles. The van der Waals surface area contributed by atoms with Crippen molar-refractivity contribution in [3.8, 4) is 0 Å². The van der Waals surface area contributed by atoms with Crippen LogP contribution < -0.4 is 0 Å². The number of hydrogen-bond acceptors (Lipinski definition) is 3. The lowest BCUT2D eigenvalue weighted by Crippen LogP contribution is -2.54. The molecule has 0 N–H and O–H groups in total. The molecule has 3 nitrogen and oxygen atoms in total. The van der Waals surface area contributed by atoms with Crippen LogP contribution in [0.3, 0.4) is 0 Å². The second kappa shape index (κ2) is 12.5. The minimum Gasteiger partial charge on any atom is -0.296 e. The summed E-state index contributed by atoms with van der Waals surface area (Å²) >= 11 is 12.6. The Morgan fingerprint density at radius 3 is 2.30 bits per heavy atom. The SMILES string of the molecule is CC1=CC=C([C@@H](CC(C)C)N(C)C2(/N=C(\C=O)c3cc(Cl)cc(Cl)c3)CCC(C(C)(C)C)CC2)C=CC1. The molecule has 0 aliphatic heterocycles. The summed E-state index contributed by atoms with van der Waals surface area (Å²) < 4.78 is 0. The number of rotatable bonds is 8. The van der Waals surface area contributed by atoms with Gasteiger partial charge >= 0.3 is 0 Å². The van der Waals surface area contributed by atoms with E-state index in [0.717, 1.165) is 44.8 Å². The number of allylic oxidation sites excluding steroid dienone is 4. The van der Waals surface area contributed by atoms with Crippen molar-refractivity contribution in [2.45, 2.75) is 91.8 Å². The topological polar surface area (TPSA) is 32.7 Å². The summed E-state index contributed by atoms with van der Waals surface area (Å²) in [6.45, 7) is 13.7. The molecule has 0 amide bonds. The van der Waals surface area contributed by atoms with Gasteiger partial charge in [-0.2, -0.15) is 0 Å². The van der Waals surface area contributed by atoms with Gasteiger partial charge in [0.2, 0.25) is 0 Å². The highest BCUT2D eigenvalue weighted by molar-refractivity contribution is 6.39. The summed E-state index contributed by atoms with van der Waals surface area (Å²) in [4.78, 5) is 20.2. The van der Waals surface area contributed by atoms with E-state index in [-0.39, 0.29) is 11.5 Å². The molecular weight excluding hydrogens is 499 g/mol. The van der Waals surface area contributed by atoms with E-state index in [9.17, 15) is 4.79 Å². The molecule has 3 rings (SSSR count). The van der Waals surface area contributed by atoms with Crippen LogP contribution >= 0.6 is 23.2 Å². The van der Waals surface area contributed by atoms with Gasteiger partial charge in [-0.05, 0) is 93.5 Å². The highest BCUT2D eigenvalue weighted by Gasteiger charge is 2.44. The first-order valence-electron chi connectivity index (χ1n) is 13.6. The Balaban J connectivity index is 2.12. The standard InChI is InChI=1S/C32H44Cl2N2O/c1-22(2)17-30(24-10-8-9-23(3)11-12-24)36(7)32(15-13-26(14-16-32)31(4,5)6)35-29(21-37)25-18-27(33)20-28(34)19-25/h8,10-12,18-22,26,30H,9,13-17H2,1-7H3/b35-29+/t26?,30-,32?/m1/s1. The Labute approximate surface area is 234 Å². The highest BCUT2D eigenvalue weighted by atomic mass is 35.5. The smallest absolute Gasteiger partial charge is 0.168 e. The van der Waals surface area contributed by atoms with Crippen LogP contribution in [0.15, 0.2) is 58.6 Å². The summed E-state index contributed by atoms with van der Waals surface area (Å²) in [5.74, 6) is 1.13. The molecule has 0 bridgehead atoms. The van der Waals surface area contributed by atoms with E-state index in [1.54, 1.807) is 18.2 Å². The third-order valence-electron chi connectivity index (χ3n) is 8.12. The Morgan fingerprint density at radius 1 is 1.14 bits per heavy atom. The van der Waals surface area contributed by atoms with Crippen LogP contribution in [0.1, 0.15) is 85.6 Å². The Kier molecular flexibility index (Phi) is 10.1. The van der Waals surface area contributed by atoms with E-state index < -0.39 is 5.66 Å². The average molecular weight is 544 g/mol. The van der Waals surface area contributed by atoms with Crippen molar-refractivity contribution in [1.82, 2.24) is 4.90 Å². The maximum atomic E-state index is 12.5. The Bertz CT molecular complexity index is 1060. The van der Waals surface area contributed by atoms with Gasteiger partial charge in [-0.1, -0.05) is 87.7 Å². The molecule has 2 aliphatic rings. The summed E-state index contributed by atoms with van der Waals surface area (Å²) in [6, 6.07) is 5.43. The van der Waals surface area contributed by atoms with Crippen molar-refractivity contribution >= 4 is 35.2 Å². The van der Waals surface area contributed by atoms with Crippen molar-refractivity contribution in [2.75, 3.05) is 7.05 Å². The van der Waals surface area contributed by atoms with Gasteiger partial charge < -0.3 is 0 Å². The van der Waals surface area contributed by atoms with Crippen LogP contribution in [0.4, 0.5) is 0 Å². The van der Waals surface area contributed by atoms with Gasteiger partial charge in [-0.25, -0.2) is 0 Å². The number of hydrogen-bond donors (Lipinski definition) is 0. The fourth-order valence-electron chi connectivity index (χ4n) is 5.79. The number of carbonyl (C=O) groups is 1. The van der Waals surface area contributed by atoms with Crippen LogP contribution in [0.25, 0.3) is 0 Å². The molecule has 202 valence electrons. The number of halogens is 2. The fraction of sp³-hybridized carbons (Fsp3) is 0.562. The highest BCUT2D eigenvalue weighted by Crippen LogP contribution is 2.46. The first kappa shape index (κ1) is 29.9. The second-order valence-electron chi connectivity index (χ2n) is 12.4. The molecule has 1 atom stereocenters. The molecule has 0 heterocycles. The van der Waals surface area contributed by atoms with Crippen molar-refractivity contribution in [3.05, 3.63) is 69.3 Å². The lowest BCUT2D eigenvalue weighted by Gasteiger charge is -2.49. The fourth-order valence-corrected chi connectivity index (χ4v) is 6.32. The van der Waals surface area contributed by atoms with Crippen LogP contribution in [-0.4, -0.2) is 35.7 Å². The van der Waals surface area contributed by atoms with E-state index in [2.05, 4.69) is 77.8 Å².